The Bertz CT molecular complexity index is 484. The van der Waals surface area contributed by atoms with Gasteiger partial charge in [0, 0.05) is 45.2 Å². The Morgan fingerprint density at radius 1 is 1.38 bits per heavy atom. The molecule has 7 heteroatoms. The van der Waals surface area contributed by atoms with Gasteiger partial charge in [-0.25, -0.2) is 0 Å². The van der Waals surface area contributed by atoms with Crippen molar-refractivity contribution in [3.8, 4) is 0 Å². The van der Waals surface area contributed by atoms with Gasteiger partial charge in [-0.1, -0.05) is 5.16 Å². The summed E-state index contributed by atoms with van der Waals surface area (Å²) < 4.78 is 15.4. The standard InChI is InChI=1S/C14H21N3O4/c1-19-9-12-15-13(16-21-12)11-2-5-17(8-11)14(18)10-3-6-20-7-4-10/h10-11H,2-9H2,1H3. The van der Waals surface area contributed by atoms with Crippen molar-refractivity contribution in [1.29, 1.82) is 0 Å². The van der Waals surface area contributed by atoms with Crippen LogP contribution in [-0.4, -0.2) is 54.4 Å². The molecular formula is C14H21N3O4. The van der Waals surface area contributed by atoms with Gasteiger partial charge in [0.1, 0.15) is 6.61 Å². The number of ether oxygens (including phenoxy) is 2. The average molecular weight is 295 g/mol. The highest BCUT2D eigenvalue weighted by molar-refractivity contribution is 5.79. The highest BCUT2D eigenvalue weighted by atomic mass is 16.5. The number of nitrogens with zero attached hydrogens (tertiary/aromatic N) is 3. The quantitative estimate of drug-likeness (QED) is 0.823. The van der Waals surface area contributed by atoms with Crippen molar-refractivity contribution in [1.82, 2.24) is 15.0 Å². The van der Waals surface area contributed by atoms with Crippen LogP contribution in [0.3, 0.4) is 0 Å². The van der Waals surface area contributed by atoms with E-state index in [1.807, 2.05) is 4.90 Å². The van der Waals surface area contributed by atoms with Gasteiger partial charge < -0.3 is 18.9 Å². The monoisotopic (exact) mass is 295 g/mol. The summed E-state index contributed by atoms with van der Waals surface area (Å²) in [5.41, 5.74) is 0. The Labute approximate surface area is 123 Å². The van der Waals surface area contributed by atoms with Gasteiger partial charge in [0.25, 0.3) is 5.89 Å². The summed E-state index contributed by atoms with van der Waals surface area (Å²) in [5.74, 6) is 1.71. The molecule has 1 aromatic rings. The molecule has 0 radical (unpaired) electrons. The zero-order valence-electron chi connectivity index (χ0n) is 12.3. The number of methoxy groups -OCH3 is 1. The van der Waals surface area contributed by atoms with E-state index >= 15 is 0 Å². The summed E-state index contributed by atoms with van der Waals surface area (Å²) in [5, 5.41) is 4.00. The molecule has 0 saturated carbocycles. The van der Waals surface area contributed by atoms with Gasteiger partial charge in [-0.2, -0.15) is 4.98 Å². The summed E-state index contributed by atoms with van der Waals surface area (Å²) in [6.07, 6.45) is 2.56. The molecular weight excluding hydrogens is 274 g/mol. The predicted molar refractivity (Wildman–Crippen MR) is 72.5 cm³/mol. The van der Waals surface area contributed by atoms with Crippen LogP contribution in [0.25, 0.3) is 0 Å². The van der Waals surface area contributed by atoms with E-state index in [4.69, 9.17) is 14.0 Å². The van der Waals surface area contributed by atoms with Gasteiger partial charge in [-0.3, -0.25) is 4.79 Å². The lowest BCUT2D eigenvalue weighted by atomic mass is 9.99. The first kappa shape index (κ1) is 14.5. The molecule has 0 spiro atoms. The van der Waals surface area contributed by atoms with Gasteiger partial charge in [-0.05, 0) is 19.3 Å². The van der Waals surface area contributed by atoms with E-state index in [0.717, 1.165) is 25.8 Å². The topological polar surface area (TPSA) is 77.7 Å². The second kappa shape index (κ2) is 6.53. The molecule has 0 N–H and O–H groups in total. The molecule has 0 aliphatic carbocycles. The minimum Gasteiger partial charge on any atom is -0.381 e. The lowest BCUT2D eigenvalue weighted by Crippen LogP contribution is -2.37. The zero-order chi connectivity index (χ0) is 14.7. The molecule has 1 atom stereocenters. The second-order valence-electron chi connectivity index (χ2n) is 5.64. The molecule has 1 amide bonds. The van der Waals surface area contributed by atoms with Gasteiger partial charge >= 0.3 is 0 Å². The summed E-state index contributed by atoms with van der Waals surface area (Å²) >= 11 is 0. The van der Waals surface area contributed by atoms with Crippen molar-refractivity contribution in [3.05, 3.63) is 11.7 Å². The van der Waals surface area contributed by atoms with Crippen LogP contribution in [0.4, 0.5) is 0 Å². The smallest absolute Gasteiger partial charge is 0.252 e. The SMILES string of the molecule is COCc1nc(C2CCN(C(=O)C3CCOCC3)C2)no1. The van der Waals surface area contributed by atoms with E-state index in [-0.39, 0.29) is 17.7 Å². The summed E-state index contributed by atoms with van der Waals surface area (Å²) in [6.45, 7) is 3.17. The van der Waals surface area contributed by atoms with Crippen LogP contribution in [0.15, 0.2) is 4.52 Å². The minimum atomic E-state index is 0.117. The largest absolute Gasteiger partial charge is 0.381 e. The predicted octanol–water partition coefficient (Wildman–Crippen LogP) is 0.958. The molecule has 2 aliphatic rings. The van der Waals surface area contributed by atoms with E-state index in [0.29, 0.717) is 38.1 Å². The van der Waals surface area contributed by atoms with Crippen LogP contribution in [0.2, 0.25) is 0 Å². The molecule has 3 heterocycles. The number of hydrogen-bond donors (Lipinski definition) is 0. The molecule has 0 bridgehead atoms. The van der Waals surface area contributed by atoms with Crippen molar-refractivity contribution in [3.63, 3.8) is 0 Å². The van der Waals surface area contributed by atoms with Crippen molar-refractivity contribution < 1.29 is 18.8 Å². The molecule has 2 aliphatic heterocycles. The van der Waals surface area contributed by atoms with Crippen molar-refractivity contribution in [2.45, 2.75) is 31.8 Å². The van der Waals surface area contributed by atoms with Gasteiger partial charge in [0.2, 0.25) is 5.91 Å². The maximum Gasteiger partial charge on any atom is 0.252 e. The van der Waals surface area contributed by atoms with E-state index in [1.54, 1.807) is 7.11 Å². The Morgan fingerprint density at radius 3 is 2.95 bits per heavy atom. The molecule has 116 valence electrons. The molecule has 3 rings (SSSR count). The Hall–Kier alpha value is -1.47. The van der Waals surface area contributed by atoms with Gasteiger partial charge in [0.15, 0.2) is 5.82 Å². The Balaban J connectivity index is 1.57. The van der Waals surface area contributed by atoms with E-state index in [2.05, 4.69) is 10.1 Å². The number of aromatic nitrogens is 2. The average Bonchev–Trinajstić information content (AvgIpc) is 3.16. The fourth-order valence-electron chi connectivity index (χ4n) is 2.99. The summed E-state index contributed by atoms with van der Waals surface area (Å²) in [6, 6.07) is 0. The number of hydrogen-bond acceptors (Lipinski definition) is 6. The van der Waals surface area contributed by atoms with Crippen LogP contribution in [0.1, 0.15) is 36.9 Å². The first-order valence-electron chi connectivity index (χ1n) is 7.46. The molecule has 1 unspecified atom stereocenters. The third kappa shape index (κ3) is 3.24. The molecule has 2 fully saturated rings. The highest BCUT2D eigenvalue weighted by Crippen LogP contribution is 2.28. The zero-order valence-corrected chi connectivity index (χ0v) is 12.3. The first-order valence-corrected chi connectivity index (χ1v) is 7.46. The maximum atomic E-state index is 12.5. The van der Waals surface area contributed by atoms with Crippen LogP contribution in [0, 0.1) is 5.92 Å². The number of rotatable bonds is 4. The lowest BCUT2D eigenvalue weighted by molar-refractivity contribution is -0.137. The van der Waals surface area contributed by atoms with E-state index in [1.165, 1.54) is 0 Å². The van der Waals surface area contributed by atoms with Crippen molar-refractivity contribution in [2.24, 2.45) is 5.92 Å². The lowest BCUT2D eigenvalue weighted by Gasteiger charge is -2.26. The number of amides is 1. The van der Waals surface area contributed by atoms with Crippen LogP contribution < -0.4 is 0 Å². The fraction of sp³-hybridized carbons (Fsp3) is 0.786. The minimum absolute atomic E-state index is 0.117. The fourth-order valence-corrected chi connectivity index (χ4v) is 2.99. The number of carbonyl (C=O) groups excluding carboxylic acids is 1. The highest BCUT2D eigenvalue weighted by Gasteiger charge is 2.34. The van der Waals surface area contributed by atoms with E-state index < -0.39 is 0 Å². The summed E-state index contributed by atoms with van der Waals surface area (Å²) in [4.78, 5) is 18.7. The normalized spacial score (nSPS) is 23.7. The number of carbonyl (C=O) groups is 1. The molecule has 2 saturated heterocycles. The number of likely N-dealkylation sites (tertiary alicyclic amines) is 1. The molecule has 1 aromatic heterocycles. The van der Waals surface area contributed by atoms with Crippen molar-refractivity contribution in [2.75, 3.05) is 33.4 Å². The Morgan fingerprint density at radius 2 is 2.19 bits per heavy atom. The van der Waals surface area contributed by atoms with Gasteiger partial charge in [0.05, 0.1) is 0 Å². The third-order valence-electron chi connectivity index (χ3n) is 4.19. The molecule has 0 aromatic carbocycles. The van der Waals surface area contributed by atoms with Crippen LogP contribution in [-0.2, 0) is 20.9 Å². The molecule has 21 heavy (non-hydrogen) atoms. The van der Waals surface area contributed by atoms with Gasteiger partial charge in [-0.15, -0.1) is 0 Å². The van der Waals surface area contributed by atoms with Crippen molar-refractivity contribution >= 4 is 5.91 Å². The van der Waals surface area contributed by atoms with Crippen LogP contribution >= 0.6 is 0 Å². The van der Waals surface area contributed by atoms with E-state index in [9.17, 15) is 4.79 Å². The van der Waals surface area contributed by atoms with Crippen LogP contribution in [0.5, 0.6) is 0 Å². The first-order chi connectivity index (χ1) is 10.3. The Kier molecular flexibility index (Phi) is 4.50. The summed E-state index contributed by atoms with van der Waals surface area (Å²) in [7, 11) is 1.59. The maximum absolute atomic E-state index is 12.5. The third-order valence-corrected chi connectivity index (χ3v) is 4.19. The molecule has 7 nitrogen and oxygen atoms in total. The second-order valence-corrected chi connectivity index (χ2v) is 5.64.